The van der Waals surface area contributed by atoms with E-state index in [0.29, 0.717) is 24.2 Å². The fourth-order valence-electron chi connectivity index (χ4n) is 4.43. The maximum absolute atomic E-state index is 14.2. The minimum absolute atomic E-state index is 0.170. The minimum atomic E-state index is -0.545. The first-order valence-electron chi connectivity index (χ1n) is 11.5. The number of piperazine rings is 1. The number of aliphatic imine (C=N–C) groups is 1. The van der Waals surface area contributed by atoms with Crippen molar-refractivity contribution in [3.05, 3.63) is 29.8 Å². The highest BCUT2D eigenvalue weighted by molar-refractivity contribution is 5.80. The number of benzene rings is 1. The second kappa shape index (κ2) is 11.1. The van der Waals surface area contributed by atoms with Gasteiger partial charge in [-0.05, 0) is 38.4 Å². The topological polar surface area (TPSA) is 46.1 Å². The number of guanidine groups is 1. The average molecular weight is 437 g/mol. The lowest BCUT2D eigenvalue weighted by molar-refractivity contribution is 0.0925. The van der Waals surface area contributed by atoms with Crippen molar-refractivity contribution in [1.29, 1.82) is 0 Å². The predicted molar refractivity (Wildman–Crippen MR) is 124 cm³/mol. The van der Waals surface area contributed by atoms with Crippen molar-refractivity contribution in [2.75, 3.05) is 64.3 Å². The molecule has 2 fully saturated rings. The van der Waals surface area contributed by atoms with Gasteiger partial charge in [0.1, 0.15) is 11.6 Å². The van der Waals surface area contributed by atoms with Gasteiger partial charge in [-0.25, -0.2) is 8.78 Å². The van der Waals surface area contributed by atoms with Gasteiger partial charge in [-0.1, -0.05) is 13.8 Å². The van der Waals surface area contributed by atoms with Crippen molar-refractivity contribution in [3.63, 3.8) is 0 Å². The van der Waals surface area contributed by atoms with Gasteiger partial charge in [-0.2, -0.15) is 0 Å². The SMILES string of the molecule is CCNC(=NCC(C(C)C)N1CCN(C)CC1)NC1CCN(c2ccc(F)cc2F)C1. The molecule has 174 valence electrons. The van der Waals surface area contributed by atoms with Crippen LogP contribution in [0, 0.1) is 17.6 Å². The summed E-state index contributed by atoms with van der Waals surface area (Å²) >= 11 is 0. The monoisotopic (exact) mass is 436 g/mol. The maximum Gasteiger partial charge on any atom is 0.191 e. The van der Waals surface area contributed by atoms with Crippen LogP contribution in [0.5, 0.6) is 0 Å². The first-order valence-corrected chi connectivity index (χ1v) is 11.5. The number of anilines is 1. The van der Waals surface area contributed by atoms with Gasteiger partial charge >= 0.3 is 0 Å². The number of hydrogen-bond donors (Lipinski definition) is 2. The third-order valence-corrected chi connectivity index (χ3v) is 6.34. The van der Waals surface area contributed by atoms with Crippen molar-refractivity contribution in [3.8, 4) is 0 Å². The summed E-state index contributed by atoms with van der Waals surface area (Å²) in [6, 6.07) is 4.37. The van der Waals surface area contributed by atoms with Gasteiger partial charge in [-0.15, -0.1) is 0 Å². The molecule has 2 saturated heterocycles. The highest BCUT2D eigenvalue weighted by atomic mass is 19.1. The zero-order valence-corrected chi connectivity index (χ0v) is 19.4. The van der Waals surface area contributed by atoms with Gasteiger partial charge in [0.15, 0.2) is 5.96 Å². The molecule has 2 N–H and O–H groups in total. The molecule has 3 rings (SSSR count). The molecule has 0 bridgehead atoms. The maximum atomic E-state index is 14.2. The number of rotatable bonds is 7. The van der Waals surface area contributed by atoms with Crippen LogP contribution in [-0.4, -0.2) is 87.2 Å². The van der Waals surface area contributed by atoms with E-state index in [0.717, 1.165) is 64.3 Å². The first-order chi connectivity index (χ1) is 14.9. The Hall–Kier alpha value is -1.93. The Kier molecular flexibility index (Phi) is 8.49. The van der Waals surface area contributed by atoms with Crippen LogP contribution in [0.15, 0.2) is 23.2 Å². The molecule has 2 atom stereocenters. The summed E-state index contributed by atoms with van der Waals surface area (Å²) in [7, 11) is 2.18. The minimum Gasteiger partial charge on any atom is -0.367 e. The molecule has 0 saturated carbocycles. The molecule has 2 aliphatic heterocycles. The number of hydrogen-bond acceptors (Lipinski definition) is 4. The van der Waals surface area contributed by atoms with Crippen molar-refractivity contribution in [2.24, 2.45) is 10.9 Å². The normalized spacial score (nSPS) is 22.2. The van der Waals surface area contributed by atoms with Crippen LogP contribution >= 0.6 is 0 Å². The molecule has 2 unspecified atom stereocenters. The van der Waals surface area contributed by atoms with Crippen molar-refractivity contribution in [2.45, 2.75) is 39.3 Å². The van der Waals surface area contributed by atoms with Crippen LogP contribution in [0.4, 0.5) is 14.5 Å². The summed E-state index contributed by atoms with van der Waals surface area (Å²) in [4.78, 5) is 11.8. The van der Waals surface area contributed by atoms with Gasteiger partial charge in [-0.3, -0.25) is 9.89 Å². The molecule has 2 heterocycles. The van der Waals surface area contributed by atoms with Crippen molar-refractivity contribution >= 4 is 11.6 Å². The van der Waals surface area contributed by atoms with Gasteiger partial charge in [0.05, 0.1) is 12.2 Å². The van der Waals surface area contributed by atoms with Crippen LogP contribution in [0.1, 0.15) is 27.2 Å². The van der Waals surface area contributed by atoms with Gasteiger partial charge in [0.25, 0.3) is 0 Å². The number of nitrogens with one attached hydrogen (secondary N) is 2. The summed E-state index contributed by atoms with van der Waals surface area (Å²) < 4.78 is 27.4. The molecule has 0 aliphatic carbocycles. The van der Waals surface area contributed by atoms with E-state index in [-0.39, 0.29) is 6.04 Å². The van der Waals surface area contributed by atoms with Crippen LogP contribution in [0.25, 0.3) is 0 Å². The van der Waals surface area contributed by atoms with Crippen molar-refractivity contribution in [1.82, 2.24) is 20.4 Å². The molecule has 0 radical (unpaired) electrons. The summed E-state index contributed by atoms with van der Waals surface area (Å²) in [6.45, 7) is 13.9. The predicted octanol–water partition coefficient (Wildman–Crippen LogP) is 2.37. The highest BCUT2D eigenvalue weighted by Crippen LogP contribution is 2.24. The Morgan fingerprint density at radius 1 is 1.16 bits per heavy atom. The van der Waals surface area contributed by atoms with Crippen LogP contribution in [-0.2, 0) is 0 Å². The molecule has 0 spiro atoms. The molecule has 1 aromatic carbocycles. The van der Waals surface area contributed by atoms with Crippen molar-refractivity contribution < 1.29 is 8.78 Å². The van der Waals surface area contributed by atoms with E-state index in [4.69, 9.17) is 4.99 Å². The highest BCUT2D eigenvalue weighted by Gasteiger charge is 2.27. The smallest absolute Gasteiger partial charge is 0.191 e. The largest absolute Gasteiger partial charge is 0.367 e. The molecular formula is C23H38F2N6. The van der Waals surface area contributed by atoms with Crippen LogP contribution in [0.3, 0.4) is 0 Å². The van der Waals surface area contributed by atoms with Gasteiger partial charge in [0, 0.05) is 64.0 Å². The average Bonchev–Trinajstić information content (AvgIpc) is 3.17. The molecule has 1 aromatic rings. The number of likely N-dealkylation sites (N-methyl/N-ethyl adjacent to an activating group) is 1. The lowest BCUT2D eigenvalue weighted by atomic mass is 10.0. The van der Waals surface area contributed by atoms with E-state index in [1.54, 1.807) is 0 Å². The van der Waals surface area contributed by atoms with E-state index in [2.05, 4.69) is 48.3 Å². The molecule has 8 heteroatoms. The third kappa shape index (κ3) is 6.53. The molecule has 6 nitrogen and oxygen atoms in total. The Bertz CT molecular complexity index is 733. The fraction of sp³-hybridized carbons (Fsp3) is 0.696. The number of halogens is 2. The molecule has 31 heavy (non-hydrogen) atoms. The fourth-order valence-corrected chi connectivity index (χ4v) is 4.43. The Balaban J connectivity index is 1.60. The lowest BCUT2D eigenvalue weighted by Gasteiger charge is -2.39. The Morgan fingerprint density at radius 2 is 1.90 bits per heavy atom. The summed E-state index contributed by atoms with van der Waals surface area (Å²) in [5.41, 5.74) is 0.461. The molecule has 0 aromatic heterocycles. The Labute approximate surface area is 185 Å². The Morgan fingerprint density at radius 3 is 2.55 bits per heavy atom. The van der Waals surface area contributed by atoms with Gasteiger partial charge in [0.2, 0.25) is 0 Å². The lowest BCUT2D eigenvalue weighted by Crippen LogP contribution is -2.52. The van der Waals surface area contributed by atoms with E-state index in [1.165, 1.54) is 12.1 Å². The molecular weight excluding hydrogens is 398 g/mol. The van der Waals surface area contributed by atoms with E-state index < -0.39 is 11.6 Å². The first kappa shape index (κ1) is 23.7. The van der Waals surface area contributed by atoms with E-state index >= 15 is 0 Å². The third-order valence-electron chi connectivity index (χ3n) is 6.34. The molecule has 2 aliphatic rings. The summed E-state index contributed by atoms with van der Waals surface area (Å²) in [5, 5.41) is 6.88. The second-order valence-electron chi connectivity index (χ2n) is 9.04. The van der Waals surface area contributed by atoms with E-state index in [1.807, 2.05) is 4.90 Å². The van der Waals surface area contributed by atoms with E-state index in [9.17, 15) is 8.78 Å². The van der Waals surface area contributed by atoms with Crippen LogP contribution in [0.2, 0.25) is 0 Å². The second-order valence-corrected chi connectivity index (χ2v) is 9.04. The zero-order valence-electron chi connectivity index (χ0n) is 19.4. The number of nitrogens with zero attached hydrogens (tertiary/aromatic N) is 4. The molecule has 0 amide bonds. The summed E-state index contributed by atoms with van der Waals surface area (Å²) in [5.74, 6) is 0.289. The van der Waals surface area contributed by atoms with Crippen LogP contribution < -0.4 is 15.5 Å². The zero-order chi connectivity index (χ0) is 22.4. The standard InChI is InChI=1S/C23H38F2N6/c1-5-26-23(27-15-22(17(2)3)30-12-10-29(4)11-13-30)28-19-8-9-31(16-19)21-7-6-18(24)14-20(21)25/h6-7,14,17,19,22H,5,8-13,15-16H2,1-4H3,(H2,26,27,28). The quantitative estimate of drug-likeness (QED) is 0.508. The van der Waals surface area contributed by atoms with Gasteiger partial charge < -0.3 is 20.4 Å². The summed E-state index contributed by atoms with van der Waals surface area (Å²) in [6.07, 6.45) is 0.882.